The molecule has 0 bridgehead atoms. The standard InChI is InChI=1S/C17H23N3O/c1-2-12-3-7-14(11-12)17-19-16(21-20-17)10-6-13-4-8-15(18)9-5-13/h4-5,8-9,12,14H,2-3,6-7,10-11,18H2,1H3. The Balaban J connectivity index is 1.57. The highest BCUT2D eigenvalue weighted by Crippen LogP contribution is 2.38. The fourth-order valence-electron chi connectivity index (χ4n) is 3.15. The Hall–Kier alpha value is -1.84. The molecule has 3 rings (SSSR count). The lowest BCUT2D eigenvalue weighted by Gasteiger charge is -2.04. The predicted molar refractivity (Wildman–Crippen MR) is 82.9 cm³/mol. The summed E-state index contributed by atoms with van der Waals surface area (Å²) in [5.41, 5.74) is 7.73. The minimum absolute atomic E-state index is 0.504. The van der Waals surface area contributed by atoms with E-state index in [4.69, 9.17) is 10.3 Å². The molecule has 4 nitrogen and oxygen atoms in total. The van der Waals surface area contributed by atoms with E-state index in [0.717, 1.165) is 36.2 Å². The first kappa shape index (κ1) is 14.1. The van der Waals surface area contributed by atoms with Crippen LogP contribution in [-0.2, 0) is 12.8 Å². The van der Waals surface area contributed by atoms with Gasteiger partial charge in [0, 0.05) is 18.0 Å². The zero-order chi connectivity index (χ0) is 14.7. The van der Waals surface area contributed by atoms with Gasteiger partial charge in [0.05, 0.1) is 0 Å². The molecule has 0 radical (unpaired) electrons. The summed E-state index contributed by atoms with van der Waals surface area (Å²) in [6.07, 6.45) is 6.68. The maximum atomic E-state index is 5.69. The molecule has 0 saturated heterocycles. The lowest BCUT2D eigenvalue weighted by atomic mass is 10.0. The Labute approximate surface area is 125 Å². The number of aryl methyl sites for hydroxylation is 2. The molecule has 0 aliphatic heterocycles. The summed E-state index contributed by atoms with van der Waals surface area (Å²) in [6.45, 7) is 2.27. The summed E-state index contributed by atoms with van der Waals surface area (Å²) in [4.78, 5) is 4.59. The SMILES string of the molecule is CCC1CCC(c2noc(CCc3ccc(N)cc3)n2)C1. The molecule has 1 aliphatic rings. The average molecular weight is 285 g/mol. The molecule has 21 heavy (non-hydrogen) atoms. The van der Waals surface area contributed by atoms with Gasteiger partial charge >= 0.3 is 0 Å². The van der Waals surface area contributed by atoms with Gasteiger partial charge in [-0.2, -0.15) is 4.98 Å². The number of benzene rings is 1. The maximum absolute atomic E-state index is 5.69. The largest absolute Gasteiger partial charge is 0.399 e. The molecule has 2 N–H and O–H groups in total. The topological polar surface area (TPSA) is 64.9 Å². The molecule has 1 saturated carbocycles. The van der Waals surface area contributed by atoms with Crippen LogP contribution < -0.4 is 5.73 Å². The van der Waals surface area contributed by atoms with Crippen molar-refractivity contribution in [2.75, 3.05) is 5.73 Å². The number of nitrogens with two attached hydrogens (primary N) is 1. The normalized spacial score (nSPS) is 21.8. The van der Waals surface area contributed by atoms with Crippen molar-refractivity contribution in [1.29, 1.82) is 0 Å². The Morgan fingerprint density at radius 1 is 1.19 bits per heavy atom. The van der Waals surface area contributed by atoms with E-state index in [2.05, 4.69) is 29.2 Å². The van der Waals surface area contributed by atoms with E-state index in [0.29, 0.717) is 5.92 Å². The highest BCUT2D eigenvalue weighted by atomic mass is 16.5. The maximum Gasteiger partial charge on any atom is 0.226 e. The van der Waals surface area contributed by atoms with Crippen LogP contribution in [0.5, 0.6) is 0 Å². The minimum atomic E-state index is 0.504. The Morgan fingerprint density at radius 3 is 2.71 bits per heavy atom. The van der Waals surface area contributed by atoms with Crippen molar-refractivity contribution in [3.05, 3.63) is 41.5 Å². The van der Waals surface area contributed by atoms with Crippen molar-refractivity contribution in [2.24, 2.45) is 5.92 Å². The molecule has 112 valence electrons. The van der Waals surface area contributed by atoms with Gasteiger partial charge in [-0.25, -0.2) is 0 Å². The number of hydrogen-bond acceptors (Lipinski definition) is 4. The molecule has 1 heterocycles. The quantitative estimate of drug-likeness (QED) is 0.850. The molecule has 2 unspecified atom stereocenters. The third kappa shape index (κ3) is 3.43. The number of nitrogens with zero attached hydrogens (tertiary/aromatic N) is 2. The average Bonchev–Trinajstić information content (AvgIpc) is 3.15. The summed E-state index contributed by atoms with van der Waals surface area (Å²) in [6, 6.07) is 7.96. The van der Waals surface area contributed by atoms with Gasteiger partial charge in [0.1, 0.15) is 0 Å². The van der Waals surface area contributed by atoms with E-state index in [-0.39, 0.29) is 0 Å². The van der Waals surface area contributed by atoms with Crippen LogP contribution in [0, 0.1) is 5.92 Å². The van der Waals surface area contributed by atoms with Crippen LogP contribution in [0.15, 0.2) is 28.8 Å². The van der Waals surface area contributed by atoms with Crippen LogP contribution in [0.4, 0.5) is 5.69 Å². The molecular formula is C17H23N3O. The number of rotatable bonds is 5. The van der Waals surface area contributed by atoms with Gasteiger partial charge in [-0.15, -0.1) is 0 Å². The summed E-state index contributed by atoms with van der Waals surface area (Å²) < 4.78 is 5.41. The highest BCUT2D eigenvalue weighted by Gasteiger charge is 2.28. The summed E-state index contributed by atoms with van der Waals surface area (Å²) in [5, 5.41) is 4.19. The molecule has 2 aromatic rings. The number of nitrogen functional groups attached to an aromatic ring is 1. The second kappa shape index (κ2) is 6.29. The number of anilines is 1. The first-order valence-corrected chi connectivity index (χ1v) is 7.91. The van der Waals surface area contributed by atoms with E-state index in [9.17, 15) is 0 Å². The Bertz CT molecular complexity index is 576. The zero-order valence-corrected chi connectivity index (χ0v) is 12.6. The van der Waals surface area contributed by atoms with Crippen LogP contribution >= 0.6 is 0 Å². The third-order valence-corrected chi connectivity index (χ3v) is 4.57. The molecule has 0 spiro atoms. The summed E-state index contributed by atoms with van der Waals surface area (Å²) in [7, 11) is 0. The van der Waals surface area contributed by atoms with Crippen molar-refractivity contribution in [3.63, 3.8) is 0 Å². The van der Waals surface area contributed by atoms with Crippen molar-refractivity contribution < 1.29 is 4.52 Å². The summed E-state index contributed by atoms with van der Waals surface area (Å²) in [5.74, 6) is 3.01. The molecule has 1 fully saturated rings. The molecule has 1 aromatic heterocycles. The second-order valence-corrected chi connectivity index (χ2v) is 6.07. The second-order valence-electron chi connectivity index (χ2n) is 6.07. The van der Waals surface area contributed by atoms with E-state index in [1.807, 2.05) is 12.1 Å². The van der Waals surface area contributed by atoms with E-state index in [1.165, 1.54) is 31.2 Å². The Morgan fingerprint density at radius 2 is 2.00 bits per heavy atom. The van der Waals surface area contributed by atoms with Crippen LogP contribution in [0.2, 0.25) is 0 Å². The van der Waals surface area contributed by atoms with Crippen LogP contribution in [0.25, 0.3) is 0 Å². The smallest absolute Gasteiger partial charge is 0.226 e. The summed E-state index contributed by atoms with van der Waals surface area (Å²) >= 11 is 0. The van der Waals surface area contributed by atoms with Gasteiger partial charge < -0.3 is 10.3 Å². The van der Waals surface area contributed by atoms with Crippen molar-refractivity contribution in [3.8, 4) is 0 Å². The monoisotopic (exact) mass is 285 g/mol. The first-order valence-electron chi connectivity index (χ1n) is 7.91. The minimum Gasteiger partial charge on any atom is -0.399 e. The lowest BCUT2D eigenvalue weighted by Crippen LogP contribution is -1.98. The molecular weight excluding hydrogens is 262 g/mol. The van der Waals surface area contributed by atoms with Gasteiger partial charge in [-0.05, 0) is 49.3 Å². The van der Waals surface area contributed by atoms with Gasteiger partial charge in [0.25, 0.3) is 0 Å². The highest BCUT2D eigenvalue weighted by molar-refractivity contribution is 5.39. The number of hydrogen-bond donors (Lipinski definition) is 1. The first-order chi connectivity index (χ1) is 10.2. The van der Waals surface area contributed by atoms with E-state index in [1.54, 1.807) is 0 Å². The lowest BCUT2D eigenvalue weighted by molar-refractivity contribution is 0.369. The predicted octanol–water partition coefficient (Wildman–Crippen LogP) is 3.73. The molecule has 1 aromatic carbocycles. The fourth-order valence-corrected chi connectivity index (χ4v) is 3.15. The van der Waals surface area contributed by atoms with Gasteiger partial charge in [0.2, 0.25) is 5.89 Å². The Kier molecular flexibility index (Phi) is 4.23. The third-order valence-electron chi connectivity index (χ3n) is 4.57. The molecule has 0 amide bonds. The number of aromatic nitrogens is 2. The molecule has 1 aliphatic carbocycles. The molecule has 2 atom stereocenters. The van der Waals surface area contributed by atoms with Crippen LogP contribution in [-0.4, -0.2) is 10.1 Å². The van der Waals surface area contributed by atoms with Crippen molar-refractivity contribution in [1.82, 2.24) is 10.1 Å². The zero-order valence-electron chi connectivity index (χ0n) is 12.6. The van der Waals surface area contributed by atoms with E-state index >= 15 is 0 Å². The van der Waals surface area contributed by atoms with Gasteiger partial charge in [-0.3, -0.25) is 0 Å². The fraction of sp³-hybridized carbons (Fsp3) is 0.529. The van der Waals surface area contributed by atoms with Gasteiger partial charge in [-0.1, -0.05) is 30.6 Å². The van der Waals surface area contributed by atoms with Gasteiger partial charge in [0.15, 0.2) is 5.82 Å². The van der Waals surface area contributed by atoms with Crippen LogP contribution in [0.3, 0.4) is 0 Å². The van der Waals surface area contributed by atoms with Crippen molar-refractivity contribution >= 4 is 5.69 Å². The van der Waals surface area contributed by atoms with E-state index < -0.39 is 0 Å². The molecule has 4 heteroatoms. The van der Waals surface area contributed by atoms with Crippen molar-refractivity contribution in [2.45, 2.75) is 51.4 Å². The van der Waals surface area contributed by atoms with Crippen LogP contribution in [0.1, 0.15) is 55.8 Å².